The van der Waals surface area contributed by atoms with Gasteiger partial charge in [-0.25, -0.2) is 0 Å². The van der Waals surface area contributed by atoms with Crippen molar-refractivity contribution in [1.82, 2.24) is 0 Å². The van der Waals surface area contributed by atoms with Gasteiger partial charge in [-0.05, 0) is 0 Å². The molecule has 3 heteroatoms. The normalized spacial score (nSPS) is 4.80. The summed E-state index contributed by atoms with van der Waals surface area (Å²) < 4.78 is 0. The Balaban J connectivity index is 0. The van der Waals surface area contributed by atoms with Gasteiger partial charge in [-0.3, -0.25) is 0 Å². The maximum absolute atomic E-state index is 9.00. The van der Waals surface area contributed by atoms with Gasteiger partial charge >= 0.3 is 0 Å². The second-order valence-electron chi connectivity index (χ2n) is 0.423. The standard InChI is InChI=1S/C2H4NO.Y/c1-2(3)4;/h1H2,(H2,3,4);/q-1;/p-1. The predicted molar refractivity (Wildman–Crippen MR) is 14.7 cm³/mol. The van der Waals surface area contributed by atoms with E-state index in [-0.39, 0.29) is 32.7 Å². The minimum Gasteiger partial charge on any atom is -0.695 e. The first-order valence-electron chi connectivity index (χ1n) is 0.808. The molecule has 0 fully saturated rings. The van der Waals surface area contributed by atoms with E-state index in [1.807, 2.05) is 0 Å². The molecule has 1 radical (unpaired) electrons. The molecule has 0 saturated heterocycles. The topological polar surface area (TPSA) is 40.9 Å². The summed E-state index contributed by atoms with van der Waals surface area (Å²) in [5.74, 6) is -0.833. The molecule has 27 valence electrons. The van der Waals surface area contributed by atoms with Gasteiger partial charge in [-0.2, -0.15) is 0 Å². The Morgan fingerprint density at radius 1 is 1.80 bits per heavy atom. The first kappa shape index (κ1) is 9.06. The van der Waals surface area contributed by atoms with Crippen molar-refractivity contribution in [2.75, 3.05) is 0 Å². The van der Waals surface area contributed by atoms with Crippen LogP contribution in [0.4, 0.5) is 0 Å². The molecule has 0 heterocycles. The van der Waals surface area contributed by atoms with Gasteiger partial charge in [0.25, 0.3) is 0 Å². The molecule has 0 unspecified atom stereocenters. The number of rotatable bonds is 0. The van der Waals surface area contributed by atoms with Crippen LogP contribution in [-0.4, -0.2) is 5.91 Å². The summed E-state index contributed by atoms with van der Waals surface area (Å²) in [5.41, 5.74) is 5.83. The van der Waals surface area contributed by atoms with E-state index < -0.39 is 5.91 Å². The molecule has 0 atom stereocenters. The maximum atomic E-state index is 9.00. The first-order valence-corrected chi connectivity index (χ1v) is 0.808. The third-order valence-corrected chi connectivity index (χ3v) is 0. The van der Waals surface area contributed by atoms with Crippen LogP contribution < -0.4 is 0 Å². The van der Waals surface area contributed by atoms with E-state index in [1.165, 1.54) is 0 Å². The van der Waals surface area contributed by atoms with Crippen molar-refractivity contribution in [2.45, 2.75) is 0 Å². The van der Waals surface area contributed by atoms with Crippen LogP contribution >= 0.6 is 0 Å². The molecular formula is C2H3NOY-2. The summed E-state index contributed by atoms with van der Waals surface area (Å²) >= 11 is 0. The Morgan fingerprint density at radius 3 is 1.80 bits per heavy atom. The molecule has 0 aromatic rings. The van der Waals surface area contributed by atoms with Crippen molar-refractivity contribution in [3.8, 4) is 0 Å². The monoisotopic (exact) mass is 146 g/mol. The first-order chi connectivity index (χ1) is 1.73. The van der Waals surface area contributed by atoms with Gasteiger partial charge in [0.1, 0.15) is 0 Å². The zero-order valence-corrected chi connectivity index (χ0v) is 5.53. The van der Waals surface area contributed by atoms with Gasteiger partial charge in [0.2, 0.25) is 0 Å². The molecule has 0 bridgehead atoms. The molecule has 0 aliphatic rings. The molecule has 0 aliphatic carbocycles. The Hall–Kier alpha value is 0.444. The van der Waals surface area contributed by atoms with Crippen LogP contribution in [0.5, 0.6) is 0 Å². The molecule has 5 heavy (non-hydrogen) atoms. The van der Waals surface area contributed by atoms with Crippen LogP contribution in [0.15, 0.2) is 0 Å². The van der Waals surface area contributed by atoms with Crippen molar-refractivity contribution in [3.63, 3.8) is 0 Å². The number of hydrogen-bond donors (Lipinski definition) is 0. The fourth-order valence-electron chi connectivity index (χ4n) is 0. The molecule has 2 nitrogen and oxygen atoms in total. The molecule has 0 aliphatic heterocycles. The molecule has 0 spiro atoms. The van der Waals surface area contributed by atoms with E-state index in [0.717, 1.165) is 0 Å². The van der Waals surface area contributed by atoms with Gasteiger partial charge in [-0.15, -0.1) is 0 Å². The van der Waals surface area contributed by atoms with E-state index >= 15 is 0 Å². The molecule has 1 N–H and O–H groups in total. The van der Waals surface area contributed by atoms with Gasteiger partial charge in [-0.1, -0.05) is 5.91 Å². The largest absolute Gasteiger partial charge is 0.695 e. The van der Waals surface area contributed by atoms with E-state index in [0.29, 0.717) is 0 Å². The fraction of sp³-hybridized carbons (Fsp3) is 0. The van der Waals surface area contributed by atoms with Gasteiger partial charge in [0.05, 0.1) is 0 Å². The molecule has 0 aromatic heterocycles. The molecular weight excluding hydrogens is 143 g/mol. The Kier molecular flexibility index (Phi) is 8.06. The van der Waals surface area contributed by atoms with Crippen molar-refractivity contribution in [1.29, 1.82) is 0 Å². The van der Waals surface area contributed by atoms with Crippen molar-refractivity contribution < 1.29 is 37.5 Å². The SMILES string of the molecule is [CH2-]C([NH-])=O.[Y]. The molecule has 0 saturated carbocycles. The second-order valence-corrected chi connectivity index (χ2v) is 0.423. The average Bonchev–Trinajstić information content (AvgIpc) is 0.811. The zero-order valence-electron chi connectivity index (χ0n) is 2.69. The maximum Gasteiger partial charge on any atom is 0 e. The summed E-state index contributed by atoms with van der Waals surface area (Å²) in [6, 6.07) is 0. The summed E-state index contributed by atoms with van der Waals surface area (Å²) in [6.45, 7) is 2.67. The average molecular weight is 146 g/mol. The van der Waals surface area contributed by atoms with Crippen LogP contribution in [0, 0.1) is 6.92 Å². The van der Waals surface area contributed by atoms with Gasteiger partial charge in [0, 0.05) is 32.7 Å². The minimum atomic E-state index is -0.833. The van der Waals surface area contributed by atoms with Crippen LogP contribution in [0.2, 0.25) is 0 Å². The number of carbonyl (C=O) groups is 1. The Morgan fingerprint density at radius 2 is 1.80 bits per heavy atom. The van der Waals surface area contributed by atoms with Crippen LogP contribution in [0.25, 0.3) is 5.73 Å². The smallest absolute Gasteiger partial charge is 0 e. The van der Waals surface area contributed by atoms with E-state index in [2.05, 4.69) is 6.92 Å². The van der Waals surface area contributed by atoms with Crippen molar-refractivity contribution in [3.05, 3.63) is 12.7 Å². The summed E-state index contributed by atoms with van der Waals surface area (Å²) in [7, 11) is 0. The third-order valence-electron chi connectivity index (χ3n) is 0. The third kappa shape index (κ3) is 135. The minimum absolute atomic E-state index is 0. The number of carbonyl (C=O) groups excluding carboxylic acids is 1. The van der Waals surface area contributed by atoms with Crippen LogP contribution in [0.3, 0.4) is 0 Å². The summed E-state index contributed by atoms with van der Waals surface area (Å²) in [4.78, 5) is 9.00. The number of hydrogen-bond acceptors (Lipinski definition) is 1. The second kappa shape index (κ2) is 4.44. The number of nitrogens with one attached hydrogen (secondary N) is 1. The van der Waals surface area contributed by atoms with E-state index in [1.54, 1.807) is 0 Å². The predicted octanol–water partition coefficient (Wildman–Crippen LogP) is 0.397. The fourth-order valence-corrected chi connectivity index (χ4v) is 0. The van der Waals surface area contributed by atoms with E-state index in [9.17, 15) is 0 Å². The van der Waals surface area contributed by atoms with Gasteiger partial charge < -0.3 is 17.5 Å². The van der Waals surface area contributed by atoms with Crippen LogP contribution in [0.1, 0.15) is 0 Å². The Bertz CT molecular complexity index is 32.6. The van der Waals surface area contributed by atoms with Gasteiger partial charge in [0.15, 0.2) is 0 Å². The Labute approximate surface area is 56.0 Å². The quantitative estimate of drug-likeness (QED) is 0.456. The molecule has 0 rings (SSSR count). The zero-order chi connectivity index (χ0) is 3.58. The summed E-state index contributed by atoms with van der Waals surface area (Å²) in [6.07, 6.45) is 0. The van der Waals surface area contributed by atoms with E-state index in [4.69, 9.17) is 10.5 Å². The van der Waals surface area contributed by atoms with Crippen molar-refractivity contribution >= 4 is 5.91 Å². The molecule has 0 aromatic carbocycles. The summed E-state index contributed by atoms with van der Waals surface area (Å²) in [5, 5.41) is 0. The van der Waals surface area contributed by atoms with Crippen molar-refractivity contribution in [2.24, 2.45) is 0 Å². The number of amides is 1. The molecule has 1 amide bonds. The van der Waals surface area contributed by atoms with Crippen LogP contribution in [-0.2, 0) is 37.5 Å².